The van der Waals surface area contributed by atoms with Crippen LogP contribution in [-0.2, 0) is 6.54 Å². The summed E-state index contributed by atoms with van der Waals surface area (Å²) in [7, 11) is 0. The molecule has 1 aromatic heterocycles. The van der Waals surface area contributed by atoms with Crippen LogP contribution < -0.4 is 5.32 Å². The third-order valence-electron chi connectivity index (χ3n) is 2.77. The van der Waals surface area contributed by atoms with E-state index in [2.05, 4.69) is 10.3 Å². The minimum atomic E-state index is -2.57. The Kier molecular flexibility index (Phi) is 3.06. The van der Waals surface area contributed by atoms with Gasteiger partial charge in [0.1, 0.15) is 0 Å². The van der Waals surface area contributed by atoms with Crippen LogP contribution in [0.4, 0.5) is 8.78 Å². The van der Waals surface area contributed by atoms with Gasteiger partial charge < -0.3 is 10.4 Å². The molecule has 92 valence electrons. The third-order valence-corrected chi connectivity index (χ3v) is 2.77. The Morgan fingerprint density at radius 3 is 2.88 bits per heavy atom. The van der Waals surface area contributed by atoms with Gasteiger partial charge in [0.15, 0.2) is 0 Å². The average molecular weight is 242 g/mol. The zero-order valence-corrected chi connectivity index (χ0v) is 8.99. The molecule has 17 heavy (non-hydrogen) atoms. The smallest absolute Gasteiger partial charge is 0.337 e. The number of hydrogen-bond donors (Lipinski definition) is 2. The molecular formula is C11H12F2N2O2. The summed E-state index contributed by atoms with van der Waals surface area (Å²) >= 11 is 0. The number of aromatic nitrogens is 1. The molecule has 1 saturated carbocycles. The number of nitrogens with zero attached hydrogens (tertiary/aromatic N) is 1. The molecule has 0 aliphatic heterocycles. The molecule has 0 amide bonds. The van der Waals surface area contributed by atoms with Gasteiger partial charge in [0, 0.05) is 31.6 Å². The number of carboxylic acids is 1. The van der Waals surface area contributed by atoms with Crippen molar-refractivity contribution in [2.45, 2.75) is 31.4 Å². The molecule has 0 saturated heterocycles. The predicted molar refractivity (Wildman–Crippen MR) is 56.0 cm³/mol. The first kappa shape index (κ1) is 11.9. The molecule has 2 rings (SSSR count). The number of pyridine rings is 1. The first-order chi connectivity index (χ1) is 7.98. The van der Waals surface area contributed by atoms with Crippen molar-refractivity contribution >= 4 is 5.97 Å². The maximum absolute atomic E-state index is 12.6. The lowest BCUT2D eigenvalue weighted by Crippen LogP contribution is -2.48. The highest BCUT2D eigenvalue weighted by Crippen LogP contribution is 2.37. The van der Waals surface area contributed by atoms with Crippen LogP contribution in [-0.4, -0.2) is 28.0 Å². The number of alkyl halides is 2. The van der Waals surface area contributed by atoms with E-state index >= 15 is 0 Å². The Morgan fingerprint density at radius 1 is 1.59 bits per heavy atom. The quantitative estimate of drug-likeness (QED) is 0.843. The van der Waals surface area contributed by atoms with E-state index in [1.165, 1.54) is 18.3 Å². The van der Waals surface area contributed by atoms with Crippen LogP contribution in [0.25, 0.3) is 0 Å². The Balaban J connectivity index is 1.93. The molecule has 1 aliphatic carbocycles. The van der Waals surface area contributed by atoms with Gasteiger partial charge in [-0.25, -0.2) is 13.6 Å². The van der Waals surface area contributed by atoms with Crippen LogP contribution >= 0.6 is 0 Å². The molecule has 0 bridgehead atoms. The monoisotopic (exact) mass is 242 g/mol. The molecule has 0 spiro atoms. The van der Waals surface area contributed by atoms with E-state index in [0.717, 1.165) is 0 Å². The zero-order chi connectivity index (χ0) is 12.5. The highest BCUT2D eigenvalue weighted by atomic mass is 19.3. The zero-order valence-electron chi connectivity index (χ0n) is 8.99. The topological polar surface area (TPSA) is 62.2 Å². The van der Waals surface area contributed by atoms with Crippen LogP contribution in [0.5, 0.6) is 0 Å². The minimum Gasteiger partial charge on any atom is -0.478 e. The largest absolute Gasteiger partial charge is 0.478 e. The van der Waals surface area contributed by atoms with E-state index in [-0.39, 0.29) is 31.0 Å². The molecule has 6 heteroatoms. The average Bonchev–Trinajstić information content (AvgIpc) is 2.23. The van der Waals surface area contributed by atoms with Crippen LogP contribution in [0.15, 0.2) is 18.3 Å². The Bertz CT molecular complexity index is 429. The van der Waals surface area contributed by atoms with E-state index in [1.54, 1.807) is 0 Å². The summed E-state index contributed by atoms with van der Waals surface area (Å²) in [5, 5.41) is 11.8. The maximum Gasteiger partial charge on any atom is 0.337 e. The van der Waals surface area contributed by atoms with Gasteiger partial charge >= 0.3 is 5.97 Å². The molecule has 4 nitrogen and oxygen atoms in total. The lowest BCUT2D eigenvalue weighted by Gasteiger charge is -2.35. The summed E-state index contributed by atoms with van der Waals surface area (Å²) in [5.41, 5.74) is 0.473. The summed E-state index contributed by atoms with van der Waals surface area (Å²) in [5.74, 6) is -3.63. The van der Waals surface area contributed by atoms with Crippen LogP contribution in [0, 0.1) is 0 Å². The molecule has 1 aromatic rings. The Labute approximate surface area is 96.7 Å². The number of carbonyl (C=O) groups is 1. The van der Waals surface area contributed by atoms with E-state index in [9.17, 15) is 13.6 Å². The molecular weight excluding hydrogens is 230 g/mol. The second kappa shape index (κ2) is 4.37. The molecule has 0 unspecified atom stereocenters. The Hall–Kier alpha value is -1.56. The number of aromatic carboxylic acids is 1. The van der Waals surface area contributed by atoms with Gasteiger partial charge in [-0.15, -0.1) is 0 Å². The van der Waals surface area contributed by atoms with E-state index < -0.39 is 11.9 Å². The van der Waals surface area contributed by atoms with Gasteiger partial charge in [0.25, 0.3) is 5.92 Å². The molecule has 0 aromatic carbocycles. The van der Waals surface area contributed by atoms with Crippen LogP contribution in [0.3, 0.4) is 0 Å². The van der Waals surface area contributed by atoms with E-state index in [4.69, 9.17) is 5.11 Å². The first-order valence-electron chi connectivity index (χ1n) is 5.26. The lowest BCUT2D eigenvalue weighted by atomic mass is 9.88. The summed E-state index contributed by atoms with van der Waals surface area (Å²) < 4.78 is 25.1. The first-order valence-corrected chi connectivity index (χ1v) is 5.26. The number of carboxylic acid groups (broad SMARTS) is 1. The van der Waals surface area contributed by atoms with Gasteiger partial charge in [-0.2, -0.15) is 0 Å². The molecule has 1 fully saturated rings. The molecule has 1 aliphatic rings. The van der Waals surface area contributed by atoms with Crippen molar-refractivity contribution in [2.75, 3.05) is 0 Å². The fourth-order valence-electron chi connectivity index (χ4n) is 1.82. The second-order valence-corrected chi connectivity index (χ2v) is 4.14. The van der Waals surface area contributed by atoms with Gasteiger partial charge in [-0.1, -0.05) is 0 Å². The number of rotatable bonds is 4. The van der Waals surface area contributed by atoms with Crippen molar-refractivity contribution in [2.24, 2.45) is 0 Å². The third kappa shape index (κ3) is 2.76. The van der Waals surface area contributed by atoms with E-state index in [1.807, 2.05) is 0 Å². The normalized spacial score (nSPS) is 18.7. The van der Waals surface area contributed by atoms with Gasteiger partial charge in [-0.05, 0) is 12.1 Å². The minimum absolute atomic E-state index is 0.103. The van der Waals surface area contributed by atoms with Crippen molar-refractivity contribution in [3.8, 4) is 0 Å². The highest BCUT2D eigenvalue weighted by molar-refractivity contribution is 5.88. The highest BCUT2D eigenvalue weighted by Gasteiger charge is 2.44. The Morgan fingerprint density at radius 2 is 2.29 bits per heavy atom. The van der Waals surface area contributed by atoms with Crippen LogP contribution in [0.1, 0.15) is 28.9 Å². The summed E-state index contributed by atoms with van der Waals surface area (Å²) in [6, 6.07) is 2.72. The second-order valence-electron chi connectivity index (χ2n) is 4.14. The van der Waals surface area contributed by atoms with Crippen molar-refractivity contribution < 1.29 is 18.7 Å². The predicted octanol–water partition coefficient (Wildman–Crippen LogP) is 1.67. The lowest BCUT2D eigenvalue weighted by molar-refractivity contribution is -0.0930. The van der Waals surface area contributed by atoms with Crippen molar-refractivity contribution in [3.05, 3.63) is 29.6 Å². The number of halogens is 2. The van der Waals surface area contributed by atoms with Gasteiger partial charge in [0.2, 0.25) is 0 Å². The van der Waals surface area contributed by atoms with Crippen LogP contribution in [0.2, 0.25) is 0 Å². The standard InChI is InChI=1S/C11H12F2N2O2/c12-11(13)4-7(5-11)15-6-9-8(10(16)17)2-1-3-14-9/h1-3,7,15H,4-6H2,(H,16,17). The molecule has 0 atom stereocenters. The molecule has 0 radical (unpaired) electrons. The van der Waals surface area contributed by atoms with Crippen molar-refractivity contribution in [1.29, 1.82) is 0 Å². The number of hydrogen-bond acceptors (Lipinski definition) is 3. The van der Waals surface area contributed by atoms with E-state index in [0.29, 0.717) is 5.69 Å². The van der Waals surface area contributed by atoms with Crippen molar-refractivity contribution in [3.63, 3.8) is 0 Å². The van der Waals surface area contributed by atoms with Gasteiger partial charge in [0.05, 0.1) is 11.3 Å². The maximum atomic E-state index is 12.6. The molecule has 1 heterocycles. The number of nitrogens with one attached hydrogen (secondary N) is 1. The summed E-state index contributed by atoms with van der Waals surface area (Å²) in [4.78, 5) is 14.8. The fraction of sp³-hybridized carbons (Fsp3) is 0.455. The molecule has 2 N–H and O–H groups in total. The SMILES string of the molecule is O=C(O)c1cccnc1CNC1CC(F)(F)C1. The fourth-order valence-corrected chi connectivity index (χ4v) is 1.82. The van der Waals surface area contributed by atoms with Crippen molar-refractivity contribution in [1.82, 2.24) is 10.3 Å². The summed E-state index contributed by atoms with van der Waals surface area (Å²) in [6.07, 6.45) is 1.10. The summed E-state index contributed by atoms with van der Waals surface area (Å²) in [6.45, 7) is 0.198. The van der Waals surface area contributed by atoms with Gasteiger partial charge in [-0.3, -0.25) is 4.98 Å².